The summed E-state index contributed by atoms with van der Waals surface area (Å²) >= 11 is 0. The van der Waals surface area contributed by atoms with Gasteiger partial charge >= 0.3 is 0 Å². The van der Waals surface area contributed by atoms with E-state index in [4.69, 9.17) is 28.8 Å². The number of nitrogens with zero attached hydrogens (tertiary/aromatic N) is 4. The average Bonchev–Trinajstić information content (AvgIpc) is 3.75. The van der Waals surface area contributed by atoms with Crippen molar-refractivity contribution < 1.29 is 8.83 Å². The Kier molecular flexibility index (Phi) is 5.77. The molecule has 6 heteroatoms. The lowest BCUT2D eigenvalue weighted by Crippen LogP contribution is -2.01. The van der Waals surface area contributed by atoms with Crippen molar-refractivity contribution in [1.29, 1.82) is 0 Å². The van der Waals surface area contributed by atoms with Crippen LogP contribution < -0.4 is 0 Å². The molecule has 7 aromatic carbocycles. The van der Waals surface area contributed by atoms with Gasteiger partial charge < -0.3 is 8.83 Å². The first-order valence-electron chi connectivity index (χ1n) is 15.8. The van der Waals surface area contributed by atoms with Gasteiger partial charge in [0.15, 0.2) is 23.1 Å². The normalized spacial score (nSPS) is 11.8. The first-order chi connectivity index (χ1) is 23.8. The van der Waals surface area contributed by atoms with Gasteiger partial charge in [-0.2, -0.15) is 0 Å². The Bertz CT molecular complexity index is 2840. The van der Waals surface area contributed by atoms with E-state index in [1.54, 1.807) is 0 Å². The van der Waals surface area contributed by atoms with E-state index in [9.17, 15) is 0 Å². The van der Waals surface area contributed by atoms with Crippen molar-refractivity contribution in [2.75, 3.05) is 0 Å². The second-order valence-corrected chi connectivity index (χ2v) is 11.8. The summed E-state index contributed by atoms with van der Waals surface area (Å²) in [5.74, 6) is 2.14. The highest BCUT2D eigenvalue weighted by Gasteiger charge is 2.24. The van der Waals surface area contributed by atoms with Crippen molar-refractivity contribution in [2.24, 2.45) is 0 Å². The summed E-state index contributed by atoms with van der Waals surface area (Å²) in [5.41, 5.74) is 6.10. The van der Waals surface area contributed by atoms with E-state index in [-0.39, 0.29) is 0 Å². The molecule has 0 aliphatic rings. The van der Waals surface area contributed by atoms with Crippen LogP contribution in [0.25, 0.3) is 100 Å². The molecule has 224 valence electrons. The Balaban J connectivity index is 1.29. The molecular weight excluding hydrogens is 592 g/mol. The highest BCUT2D eigenvalue weighted by atomic mass is 16.4. The second-order valence-electron chi connectivity index (χ2n) is 11.8. The van der Waals surface area contributed by atoms with Crippen LogP contribution in [0.2, 0.25) is 0 Å². The highest BCUT2D eigenvalue weighted by molar-refractivity contribution is 6.18. The molecule has 0 spiro atoms. The van der Waals surface area contributed by atoms with Gasteiger partial charge in [-0.15, -0.1) is 0 Å². The number of hydrogen-bond donors (Lipinski definition) is 0. The predicted octanol–water partition coefficient (Wildman–Crippen LogP) is 10.9. The molecule has 0 bridgehead atoms. The van der Waals surface area contributed by atoms with Gasteiger partial charge in [0.2, 0.25) is 5.89 Å². The Hall–Kier alpha value is -6.66. The smallest absolute Gasteiger partial charge is 0.227 e. The van der Waals surface area contributed by atoms with E-state index in [1.807, 2.05) is 84.9 Å². The van der Waals surface area contributed by atoms with Gasteiger partial charge in [-0.3, -0.25) is 0 Å². The average molecular weight is 617 g/mol. The maximum Gasteiger partial charge on any atom is 0.227 e. The molecule has 10 aromatic rings. The van der Waals surface area contributed by atoms with E-state index < -0.39 is 0 Å². The molecule has 10 rings (SSSR count). The van der Waals surface area contributed by atoms with Gasteiger partial charge in [-0.05, 0) is 45.8 Å². The lowest BCUT2D eigenvalue weighted by molar-refractivity contribution is 0.617. The number of fused-ring (bicyclic) bond motifs is 7. The summed E-state index contributed by atoms with van der Waals surface area (Å²) in [7, 11) is 0. The number of hydrogen-bond acceptors (Lipinski definition) is 6. The van der Waals surface area contributed by atoms with Gasteiger partial charge in [0.05, 0.1) is 5.56 Å². The van der Waals surface area contributed by atoms with Crippen molar-refractivity contribution in [3.63, 3.8) is 0 Å². The molecule has 0 atom stereocenters. The van der Waals surface area contributed by atoms with Crippen molar-refractivity contribution in [3.05, 3.63) is 146 Å². The van der Waals surface area contributed by atoms with Gasteiger partial charge in [0.1, 0.15) is 16.7 Å². The van der Waals surface area contributed by atoms with Gasteiger partial charge in [0, 0.05) is 33.5 Å². The molecule has 0 radical (unpaired) electrons. The van der Waals surface area contributed by atoms with Crippen LogP contribution in [0.4, 0.5) is 0 Å². The third-order valence-corrected chi connectivity index (χ3v) is 8.94. The van der Waals surface area contributed by atoms with Crippen LogP contribution in [0.1, 0.15) is 0 Å². The minimum absolute atomic E-state index is 0.493. The van der Waals surface area contributed by atoms with Crippen LogP contribution >= 0.6 is 0 Å². The summed E-state index contributed by atoms with van der Waals surface area (Å²) in [6.45, 7) is 0. The van der Waals surface area contributed by atoms with Crippen molar-refractivity contribution in [2.45, 2.75) is 0 Å². The molecule has 0 fully saturated rings. The fourth-order valence-electron chi connectivity index (χ4n) is 6.67. The van der Waals surface area contributed by atoms with Gasteiger partial charge in [-0.1, -0.05) is 115 Å². The number of para-hydroxylation sites is 1. The number of furan rings is 1. The lowest BCUT2D eigenvalue weighted by atomic mass is 9.99. The van der Waals surface area contributed by atoms with Crippen molar-refractivity contribution in [3.8, 4) is 45.6 Å². The van der Waals surface area contributed by atoms with E-state index in [1.165, 1.54) is 10.8 Å². The van der Waals surface area contributed by atoms with Crippen LogP contribution in [0.3, 0.4) is 0 Å². The molecule has 6 nitrogen and oxygen atoms in total. The maximum atomic E-state index is 6.40. The number of aromatic nitrogens is 4. The third-order valence-electron chi connectivity index (χ3n) is 8.94. The summed E-state index contributed by atoms with van der Waals surface area (Å²) in [4.78, 5) is 20.5. The molecule has 0 saturated carbocycles. The zero-order valence-electron chi connectivity index (χ0n) is 25.5. The molecular formula is C42H24N4O2. The van der Waals surface area contributed by atoms with E-state index >= 15 is 0 Å². The molecule has 0 aliphatic carbocycles. The number of oxazole rings is 1. The Labute approximate surface area is 274 Å². The Morgan fingerprint density at radius 3 is 1.81 bits per heavy atom. The molecule has 0 N–H and O–H groups in total. The van der Waals surface area contributed by atoms with E-state index in [0.29, 0.717) is 40.0 Å². The number of rotatable bonds is 4. The van der Waals surface area contributed by atoms with Gasteiger partial charge in [0.25, 0.3) is 0 Å². The van der Waals surface area contributed by atoms with E-state index in [2.05, 4.69) is 60.7 Å². The van der Waals surface area contributed by atoms with Crippen molar-refractivity contribution >= 4 is 54.6 Å². The van der Waals surface area contributed by atoms with E-state index in [0.717, 1.165) is 49.4 Å². The summed E-state index contributed by atoms with van der Waals surface area (Å²) < 4.78 is 12.8. The molecule has 48 heavy (non-hydrogen) atoms. The molecule has 0 unspecified atom stereocenters. The quantitative estimate of drug-likeness (QED) is 0.183. The maximum absolute atomic E-state index is 6.40. The van der Waals surface area contributed by atoms with Crippen LogP contribution in [0, 0.1) is 0 Å². The highest BCUT2D eigenvalue weighted by Crippen LogP contribution is 2.42. The lowest BCUT2D eigenvalue weighted by Gasteiger charge is -2.11. The fourth-order valence-corrected chi connectivity index (χ4v) is 6.67. The Morgan fingerprint density at radius 1 is 0.375 bits per heavy atom. The number of benzene rings is 7. The molecule has 0 aliphatic heterocycles. The summed E-state index contributed by atoms with van der Waals surface area (Å²) in [5, 5.41) is 6.50. The largest absolute Gasteiger partial charge is 0.456 e. The standard InChI is InChI=1S/C42H24N4O2/c1-3-12-27(13-4-1)39-44-40(29-22-21-26-20-19-25-11-7-8-16-30(25)32(26)23-29)46-41(45-39)37-36-31-17-9-10-18-33(31)47-34(36)24-35-38(37)43-42(48-35)28-14-5-2-6-15-28/h1-24H. The second kappa shape index (κ2) is 10.4. The fraction of sp³-hybridized carbons (Fsp3) is 0. The van der Waals surface area contributed by atoms with Crippen LogP contribution in [-0.4, -0.2) is 19.9 Å². The van der Waals surface area contributed by atoms with Crippen LogP contribution in [0.15, 0.2) is 154 Å². The first-order valence-corrected chi connectivity index (χ1v) is 15.8. The predicted molar refractivity (Wildman–Crippen MR) is 191 cm³/mol. The topological polar surface area (TPSA) is 77.8 Å². The molecule has 0 saturated heterocycles. The molecule has 0 amide bonds. The SMILES string of the molecule is c1ccc(-c2nc(-c3ccc4ccc5ccccc5c4c3)nc(-c3c4nc(-c5ccccc5)oc4cc4oc5ccccc5c34)n2)cc1. The summed E-state index contributed by atoms with van der Waals surface area (Å²) in [6.07, 6.45) is 0. The minimum Gasteiger partial charge on any atom is -0.456 e. The van der Waals surface area contributed by atoms with Gasteiger partial charge in [-0.25, -0.2) is 19.9 Å². The monoisotopic (exact) mass is 616 g/mol. The zero-order chi connectivity index (χ0) is 31.6. The van der Waals surface area contributed by atoms with Crippen molar-refractivity contribution in [1.82, 2.24) is 19.9 Å². The van der Waals surface area contributed by atoms with Crippen LogP contribution in [0.5, 0.6) is 0 Å². The first kappa shape index (κ1) is 26.5. The third kappa shape index (κ3) is 4.20. The minimum atomic E-state index is 0.493. The molecule has 3 heterocycles. The molecule has 3 aromatic heterocycles. The summed E-state index contributed by atoms with van der Waals surface area (Å²) in [6, 6.07) is 49.0. The van der Waals surface area contributed by atoms with Crippen LogP contribution in [-0.2, 0) is 0 Å². The Morgan fingerprint density at radius 2 is 1.00 bits per heavy atom. The zero-order valence-corrected chi connectivity index (χ0v) is 25.5.